The molecule has 0 heterocycles. The van der Waals surface area contributed by atoms with Crippen molar-refractivity contribution >= 4 is 21.7 Å². The van der Waals surface area contributed by atoms with Gasteiger partial charge < -0.3 is 5.21 Å². The first-order valence-electron chi connectivity index (χ1n) is 6.27. The Morgan fingerprint density at radius 2 is 1.91 bits per heavy atom. The Bertz CT molecular complexity index is 789. The van der Waals surface area contributed by atoms with Gasteiger partial charge in [0.15, 0.2) is 0 Å². The number of nitrogens with zero attached hydrogens (tertiary/aromatic N) is 2. The number of benzene rings is 2. The van der Waals surface area contributed by atoms with Gasteiger partial charge in [-0.3, -0.25) is 0 Å². The highest BCUT2D eigenvalue weighted by atomic mass is 35.5. The molecule has 0 unspecified atom stereocenters. The van der Waals surface area contributed by atoms with Crippen molar-refractivity contribution in [3.05, 3.63) is 69.9 Å². The molecule has 2 aromatic carbocycles. The van der Waals surface area contributed by atoms with Gasteiger partial charge in [0.1, 0.15) is 4.90 Å². The first-order valence-corrected chi connectivity index (χ1v) is 8.06. The molecular formula is C14H13ClN2O4S. The summed E-state index contributed by atoms with van der Waals surface area (Å²) in [5.74, 6) is 0. The zero-order valence-electron chi connectivity index (χ0n) is 11.6. The molecular weight excluding hydrogens is 328 g/mol. The molecule has 0 aromatic heterocycles. The minimum Gasteiger partial charge on any atom is -0.597 e. The Balaban J connectivity index is 2.08. The number of hydroxylamine groups is 1. The monoisotopic (exact) mass is 340 g/mol. The summed E-state index contributed by atoms with van der Waals surface area (Å²) in [6, 6.07) is 12.6. The molecule has 0 aliphatic heterocycles. The van der Waals surface area contributed by atoms with Crippen LogP contribution in [0.1, 0.15) is 11.1 Å². The second-order valence-electron chi connectivity index (χ2n) is 4.56. The largest absolute Gasteiger partial charge is 0.597 e. The summed E-state index contributed by atoms with van der Waals surface area (Å²) in [5, 5.41) is 15.1. The van der Waals surface area contributed by atoms with Gasteiger partial charge in [0.2, 0.25) is 11.8 Å². The topological polar surface area (TPSA) is 81.8 Å². The highest BCUT2D eigenvalue weighted by molar-refractivity contribution is 7.86. The number of hydrogen-bond acceptors (Lipinski definition) is 5. The Morgan fingerprint density at radius 1 is 1.23 bits per heavy atom. The van der Waals surface area contributed by atoms with E-state index in [1.54, 1.807) is 36.4 Å². The van der Waals surface area contributed by atoms with Gasteiger partial charge >= 0.3 is 10.1 Å². The van der Waals surface area contributed by atoms with E-state index in [-0.39, 0.29) is 16.3 Å². The molecule has 0 fully saturated rings. The van der Waals surface area contributed by atoms with Gasteiger partial charge in [-0.15, -0.1) is 0 Å². The van der Waals surface area contributed by atoms with Crippen molar-refractivity contribution in [2.75, 3.05) is 0 Å². The number of rotatable bonds is 5. The van der Waals surface area contributed by atoms with Gasteiger partial charge in [-0.25, -0.2) is 4.28 Å². The molecule has 0 bridgehead atoms. The van der Waals surface area contributed by atoms with Crippen molar-refractivity contribution in [1.82, 2.24) is 0 Å². The Hall–Kier alpha value is -2.12. The minimum absolute atomic E-state index is 0.0713. The molecule has 2 rings (SSSR count). The maximum absolute atomic E-state index is 11.9. The van der Waals surface area contributed by atoms with Crippen LogP contribution in [-0.2, 0) is 20.9 Å². The SMILES string of the molecule is Cc1ccc(S(=O)(=O)O/N=[N+](\[O-])Cc2cccc(Cl)c2)cc1. The van der Waals surface area contributed by atoms with Crippen molar-refractivity contribution < 1.29 is 17.6 Å². The molecule has 6 nitrogen and oxygen atoms in total. The van der Waals surface area contributed by atoms with E-state index >= 15 is 0 Å². The molecule has 0 aliphatic rings. The standard InChI is InChI=1S/C14H13ClN2O4S/c1-11-5-7-14(8-6-11)22(19,20)21-16-17(18)10-12-3-2-4-13(15)9-12/h2-9H,10H2,1H3/b17-16-. The first-order chi connectivity index (χ1) is 10.4. The Labute approximate surface area is 133 Å². The van der Waals surface area contributed by atoms with E-state index in [2.05, 4.69) is 9.56 Å². The van der Waals surface area contributed by atoms with Crippen LogP contribution in [0.3, 0.4) is 0 Å². The third-order valence-corrected chi connectivity index (χ3v) is 4.09. The van der Waals surface area contributed by atoms with Gasteiger partial charge in [-0.05, 0) is 31.2 Å². The predicted molar refractivity (Wildman–Crippen MR) is 80.7 cm³/mol. The van der Waals surface area contributed by atoms with Crippen molar-refractivity contribution in [1.29, 1.82) is 0 Å². The molecule has 22 heavy (non-hydrogen) atoms. The lowest BCUT2D eigenvalue weighted by Gasteiger charge is -2.03. The van der Waals surface area contributed by atoms with Gasteiger partial charge in [0.25, 0.3) is 0 Å². The van der Waals surface area contributed by atoms with E-state index in [0.29, 0.717) is 10.6 Å². The van der Waals surface area contributed by atoms with Crippen LogP contribution in [0.5, 0.6) is 0 Å². The summed E-state index contributed by atoms with van der Waals surface area (Å²) in [4.78, 5) is 0.0650. The van der Waals surface area contributed by atoms with Crippen molar-refractivity contribution in [3.8, 4) is 0 Å². The van der Waals surface area contributed by atoms with Crippen LogP contribution in [-0.4, -0.2) is 13.3 Å². The molecule has 116 valence electrons. The molecule has 0 saturated heterocycles. The quantitative estimate of drug-likeness (QED) is 0.474. The molecule has 2 aromatic rings. The summed E-state index contributed by atoms with van der Waals surface area (Å²) >= 11 is 5.79. The Kier molecular flexibility index (Phi) is 4.99. The molecule has 0 aliphatic carbocycles. The summed E-state index contributed by atoms with van der Waals surface area (Å²) < 4.78 is 28.1. The fourth-order valence-electron chi connectivity index (χ4n) is 1.65. The second-order valence-corrected chi connectivity index (χ2v) is 6.53. The average Bonchev–Trinajstić information content (AvgIpc) is 2.46. The van der Waals surface area contributed by atoms with Crippen LogP contribution < -0.4 is 0 Å². The van der Waals surface area contributed by atoms with E-state index in [1.165, 1.54) is 12.1 Å². The number of hydrogen-bond donors (Lipinski definition) is 0. The van der Waals surface area contributed by atoms with Crippen molar-refractivity contribution in [2.45, 2.75) is 18.4 Å². The van der Waals surface area contributed by atoms with Gasteiger partial charge in [0, 0.05) is 10.6 Å². The van der Waals surface area contributed by atoms with Crippen molar-refractivity contribution in [3.63, 3.8) is 0 Å². The summed E-state index contributed by atoms with van der Waals surface area (Å²) in [6.07, 6.45) is 0. The van der Waals surface area contributed by atoms with Crippen LogP contribution in [0.15, 0.2) is 58.7 Å². The van der Waals surface area contributed by atoms with Gasteiger partial charge in [0.05, 0.1) is 0 Å². The summed E-state index contributed by atoms with van der Waals surface area (Å²) in [7, 11) is -4.11. The lowest BCUT2D eigenvalue weighted by molar-refractivity contribution is -0.567. The third kappa shape index (κ3) is 4.44. The fraction of sp³-hybridized carbons (Fsp3) is 0.143. The van der Waals surface area contributed by atoms with Crippen LogP contribution in [0, 0.1) is 12.1 Å². The first kappa shape index (κ1) is 16.3. The number of halogens is 1. The van der Waals surface area contributed by atoms with E-state index < -0.39 is 10.1 Å². The molecule has 0 atom stereocenters. The lowest BCUT2D eigenvalue weighted by atomic mass is 10.2. The molecule has 0 saturated carbocycles. The van der Waals surface area contributed by atoms with Crippen molar-refractivity contribution in [2.24, 2.45) is 5.28 Å². The van der Waals surface area contributed by atoms with Gasteiger partial charge in [-0.1, -0.05) is 46.3 Å². The molecule has 8 heteroatoms. The van der Waals surface area contributed by atoms with E-state index in [1.807, 2.05) is 6.92 Å². The molecule has 0 radical (unpaired) electrons. The van der Waals surface area contributed by atoms with Gasteiger partial charge in [-0.2, -0.15) is 8.42 Å². The maximum Gasteiger partial charge on any atom is 0.363 e. The normalized spacial score (nSPS) is 12.2. The van der Waals surface area contributed by atoms with E-state index in [9.17, 15) is 13.6 Å². The Morgan fingerprint density at radius 3 is 2.55 bits per heavy atom. The van der Waals surface area contributed by atoms with Crippen LogP contribution in [0.4, 0.5) is 0 Å². The third-order valence-electron chi connectivity index (χ3n) is 2.74. The molecule has 0 amide bonds. The molecule has 0 N–H and O–H groups in total. The predicted octanol–water partition coefficient (Wildman–Crippen LogP) is 3.43. The maximum atomic E-state index is 11.9. The zero-order valence-corrected chi connectivity index (χ0v) is 13.2. The van der Waals surface area contributed by atoms with Crippen LogP contribution in [0.25, 0.3) is 0 Å². The van der Waals surface area contributed by atoms with E-state index in [0.717, 1.165) is 5.56 Å². The molecule has 0 spiro atoms. The fourth-order valence-corrected chi connectivity index (χ4v) is 2.58. The van der Waals surface area contributed by atoms with Crippen LogP contribution >= 0.6 is 11.6 Å². The zero-order chi connectivity index (χ0) is 16.2. The van der Waals surface area contributed by atoms with E-state index in [4.69, 9.17) is 11.6 Å². The highest BCUT2D eigenvalue weighted by Crippen LogP contribution is 2.14. The highest BCUT2D eigenvalue weighted by Gasteiger charge is 2.17. The minimum atomic E-state index is -4.11. The van der Waals surface area contributed by atoms with Crippen LogP contribution in [0.2, 0.25) is 5.02 Å². The smallest absolute Gasteiger partial charge is 0.363 e. The number of aryl methyl sites for hydroxylation is 1. The second kappa shape index (κ2) is 6.76. The average molecular weight is 341 g/mol. The lowest BCUT2D eigenvalue weighted by Crippen LogP contribution is -2.07. The summed E-state index contributed by atoms with van der Waals surface area (Å²) in [5.41, 5.74) is 1.49. The summed E-state index contributed by atoms with van der Waals surface area (Å²) in [6.45, 7) is 1.65.